The molecule has 0 unspecified atom stereocenters. The number of benzene rings is 1. The van der Waals surface area contributed by atoms with Crippen molar-refractivity contribution in [1.29, 1.82) is 5.26 Å². The molecule has 0 fully saturated rings. The van der Waals surface area contributed by atoms with Gasteiger partial charge >= 0.3 is 0 Å². The first kappa shape index (κ1) is 10.6. The maximum Gasteiger partial charge on any atom is 0.126 e. The lowest BCUT2D eigenvalue weighted by Gasteiger charge is -2.12. The van der Waals surface area contributed by atoms with E-state index in [4.69, 9.17) is 10.00 Å². The molecule has 0 saturated heterocycles. The van der Waals surface area contributed by atoms with Gasteiger partial charge in [0.2, 0.25) is 0 Å². The Morgan fingerprint density at radius 1 is 1.29 bits per heavy atom. The third-order valence-corrected chi connectivity index (χ3v) is 2.40. The average molecular weight is 189 g/mol. The van der Waals surface area contributed by atoms with Crippen LogP contribution in [0.1, 0.15) is 30.5 Å². The quantitative estimate of drug-likeness (QED) is 0.732. The molecule has 0 radical (unpaired) electrons. The highest BCUT2D eigenvalue weighted by Gasteiger charge is 2.10. The van der Waals surface area contributed by atoms with Gasteiger partial charge in [-0.2, -0.15) is 5.26 Å². The monoisotopic (exact) mass is 189 g/mol. The predicted octanol–water partition coefficient (Wildman–Crippen LogP) is 2.69. The van der Waals surface area contributed by atoms with Crippen LogP contribution in [0, 0.1) is 11.3 Å². The summed E-state index contributed by atoms with van der Waals surface area (Å²) in [5, 5.41) is 8.93. The molecule has 0 saturated carbocycles. The molecule has 1 aromatic carbocycles. The molecule has 1 aromatic rings. The summed E-state index contributed by atoms with van der Waals surface area (Å²) in [6.45, 7) is 4.13. The molecule has 14 heavy (non-hydrogen) atoms. The van der Waals surface area contributed by atoms with Gasteiger partial charge in [-0.25, -0.2) is 0 Å². The van der Waals surface area contributed by atoms with Crippen LogP contribution in [-0.2, 0) is 12.8 Å². The lowest BCUT2D eigenvalue weighted by molar-refractivity contribution is 0.405. The highest BCUT2D eigenvalue weighted by Crippen LogP contribution is 2.27. The van der Waals surface area contributed by atoms with Gasteiger partial charge in [0.25, 0.3) is 0 Å². The molecular weight excluding hydrogens is 174 g/mol. The molecule has 0 aromatic heterocycles. The minimum atomic E-state index is 0.724. The Bertz CT molecular complexity index is 363. The Kier molecular flexibility index (Phi) is 3.53. The van der Waals surface area contributed by atoms with Gasteiger partial charge in [0, 0.05) is 5.56 Å². The van der Waals surface area contributed by atoms with E-state index >= 15 is 0 Å². The zero-order valence-electron chi connectivity index (χ0n) is 8.92. The third-order valence-electron chi connectivity index (χ3n) is 2.40. The van der Waals surface area contributed by atoms with Gasteiger partial charge in [0.15, 0.2) is 0 Å². The Morgan fingerprint density at radius 3 is 2.43 bits per heavy atom. The van der Waals surface area contributed by atoms with Crippen LogP contribution in [0.25, 0.3) is 0 Å². The van der Waals surface area contributed by atoms with E-state index < -0.39 is 0 Å². The molecule has 0 atom stereocenters. The van der Waals surface area contributed by atoms with Crippen LogP contribution in [0.5, 0.6) is 5.75 Å². The number of aryl methyl sites for hydroxylation is 1. The van der Waals surface area contributed by atoms with Gasteiger partial charge in [0.05, 0.1) is 18.7 Å². The molecule has 0 aliphatic rings. The molecule has 2 heteroatoms. The van der Waals surface area contributed by atoms with E-state index in [-0.39, 0.29) is 0 Å². The maximum absolute atomic E-state index is 8.93. The fourth-order valence-electron chi connectivity index (χ4n) is 1.66. The fourth-order valence-corrected chi connectivity index (χ4v) is 1.66. The number of nitriles is 1. The number of methoxy groups -OCH3 is 1. The largest absolute Gasteiger partial charge is 0.496 e. The molecular formula is C12H15NO. The highest BCUT2D eigenvalue weighted by molar-refractivity contribution is 5.51. The van der Waals surface area contributed by atoms with Gasteiger partial charge in [-0.05, 0) is 24.5 Å². The molecule has 0 heterocycles. The summed E-state index contributed by atoms with van der Waals surface area (Å²) in [6.07, 6.45) is 1.77. The van der Waals surface area contributed by atoms with E-state index in [0.717, 1.165) is 29.7 Å². The molecule has 0 spiro atoms. The predicted molar refractivity (Wildman–Crippen MR) is 56.5 cm³/mol. The van der Waals surface area contributed by atoms with Crippen LogP contribution in [0.15, 0.2) is 12.1 Å². The highest BCUT2D eigenvalue weighted by atomic mass is 16.5. The fraction of sp³-hybridized carbons (Fsp3) is 0.417. The zero-order valence-corrected chi connectivity index (χ0v) is 8.92. The van der Waals surface area contributed by atoms with Crippen molar-refractivity contribution in [3.05, 3.63) is 28.8 Å². The van der Waals surface area contributed by atoms with Crippen LogP contribution in [0.4, 0.5) is 0 Å². The number of hydrogen-bond acceptors (Lipinski definition) is 2. The first-order valence-electron chi connectivity index (χ1n) is 4.87. The van der Waals surface area contributed by atoms with Crippen LogP contribution >= 0.6 is 0 Å². The van der Waals surface area contributed by atoms with Crippen molar-refractivity contribution < 1.29 is 4.74 Å². The maximum atomic E-state index is 8.93. The lowest BCUT2D eigenvalue weighted by Crippen LogP contribution is -1.98. The van der Waals surface area contributed by atoms with Crippen LogP contribution < -0.4 is 4.74 Å². The molecule has 74 valence electrons. The van der Waals surface area contributed by atoms with Gasteiger partial charge < -0.3 is 4.74 Å². The summed E-state index contributed by atoms with van der Waals surface area (Å²) in [6, 6.07) is 6.04. The molecule has 0 bridgehead atoms. The molecule has 2 nitrogen and oxygen atoms in total. The SMILES string of the molecule is CCc1ccc(C#N)c(CC)c1OC. The number of hydrogen-bond donors (Lipinski definition) is 0. The smallest absolute Gasteiger partial charge is 0.126 e. The van der Waals surface area contributed by atoms with Gasteiger partial charge in [-0.3, -0.25) is 0 Å². The van der Waals surface area contributed by atoms with E-state index in [0.29, 0.717) is 0 Å². The van der Waals surface area contributed by atoms with Crippen molar-refractivity contribution in [3.63, 3.8) is 0 Å². The normalized spacial score (nSPS) is 9.57. The first-order valence-corrected chi connectivity index (χ1v) is 4.87. The zero-order chi connectivity index (χ0) is 10.6. The first-order chi connectivity index (χ1) is 6.78. The lowest BCUT2D eigenvalue weighted by atomic mass is 9.99. The minimum Gasteiger partial charge on any atom is -0.496 e. The molecule has 0 aliphatic carbocycles. The second-order valence-electron chi connectivity index (χ2n) is 3.10. The second-order valence-corrected chi connectivity index (χ2v) is 3.10. The van der Waals surface area contributed by atoms with Crippen LogP contribution in [-0.4, -0.2) is 7.11 Å². The molecule has 1 rings (SSSR count). The number of ether oxygens (including phenoxy) is 1. The Balaban J connectivity index is 3.38. The standard InChI is InChI=1S/C12H15NO/c1-4-9-6-7-10(8-13)11(5-2)12(9)14-3/h6-7H,4-5H2,1-3H3. The van der Waals surface area contributed by atoms with E-state index in [1.807, 2.05) is 19.1 Å². The summed E-state index contributed by atoms with van der Waals surface area (Å²) in [4.78, 5) is 0. The Labute approximate surface area is 85.1 Å². The second kappa shape index (κ2) is 4.66. The van der Waals surface area contributed by atoms with E-state index in [2.05, 4.69) is 13.0 Å². The summed E-state index contributed by atoms with van der Waals surface area (Å²) >= 11 is 0. The average Bonchev–Trinajstić information content (AvgIpc) is 2.26. The summed E-state index contributed by atoms with van der Waals surface area (Å²) < 4.78 is 5.35. The number of nitrogens with zero attached hydrogens (tertiary/aromatic N) is 1. The van der Waals surface area contributed by atoms with Crippen LogP contribution in [0.2, 0.25) is 0 Å². The van der Waals surface area contributed by atoms with E-state index in [1.165, 1.54) is 5.56 Å². The van der Waals surface area contributed by atoms with E-state index in [9.17, 15) is 0 Å². The van der Waals surface area contributed by atoms with Crippen molar-refractivity contribution in [2.24, 2.45) is 0 Å². The molecule has 0 aliphatic heterocycles. The Hall–Kier alpha value is -1.49. The minimum absolute atomic E-state index is 0.724. The van der Waals surface area contributed by atoms with Gasteiger partial charge in [0.1, 0.15) is 5.75 Å². The Morgan fingerprint density at radius 2 is 2.00 bits per heavy atom. The topological polar surface area (TPSA) is 33.0 Å². The van der Waals surface area contributed by atoms with Gasteiger partial charge in [-0.15, -0.1) is 0 Å². The molecule has 0 amide bonds. The van der Waals surface area contributed by atoms with Crippen LogP contribution in [0.3, 0.4) is 0 Å². The van der Waals surface area contributed by atoms with Crippen molar-refractivity contribution in [2.75, 3.05) is 7.11 Å². The van der Waals surface area contributed by atoms with E-state index in [1.54, 1.807) is 7.11 Å². The number of rotatable bonds is 3. The van der Waals surface area contributed by atoms with Crippen molar-refractivity contribution in [2.45, 2.75) is 26.7 Å². The summed E-state index contributed by atoms with van der Waals surface area (Å²) in [7, 11) is 1.66. The van der Waals surface area contributed by atoms with Crippen molar-refractivity contribution in [1.82, 2.24) is 0 Å². The third kappa shape index (κ3) is 1.72. The van der Waals surface area contributed by atoms with Crippen molar-refractivity contribution >= 4 is 0 Å². The summed E-state index contributed by atoms with van der Waals surface area (Å²) in [5.41, 5.74) is 2.92. The summed E-state index contributed by atoms with van der Waals surface area (Å²) in [5.74, 6) is 0.883. The van der Waals surface area contributed by atoms with Gasteiger partial charge in [-0.1, -0.05) is 19.9 Å². The molecule has 0 N–H and O–H groups in total. The van der Waals surface area contributed by atoms with Crippen molar-refractivity contribution in [3.8, 4) is 11.8 Å².